The quantitative estimate of drug-likeness (QED) is 0.580. The van der Waals surface area contributed by atoms with Gasteiger partial charge in [-0.05, 0) is 25.0 Å². The number of sulfonamides is 1. The van der Waals surface area contributed by atoms with E-state index in [-0.39, 0.29) is 10.9 Å². The molecule has 0 radical (unpaired) electrons. The highest BCUT2D eigenvalue weighted by Crippen LogP contribution is 2.30. The van der Waals surface area contributed by atoms with Crippen LogP contribution in [0.2, 0.25) is 0 Å². The summed E-state index contributed by atoms with van der Waals surface area (Å²) in [6.07, 6.45) is 1.34. The van der Waals surface area contributed by atoms with E-state index in [1.165, 1.54) is 12.1 Å². The van der Waals surface area contributed by atoms with Crippen molar-refractivity contribution in [3.63, 3.8) is 0 Å². The van der Waals surface area contributed by atoms with Crippen LogP contribution in [0.5, 0.6) is 0 Å². The lowest BCUT2D eigenvalue weighted by Crippen LogP contribution is -2.43. The second-order valence-electron chi connectivity index (χ2n) is 3.70. The number of hydrazine groups is 1. The van der Waals surface area contributed by atoms with Crippen LogP contribution >= 0.6 is 0 Å². The lowest BCUT2D eigenvalue weighted by Gasteiger charge is -2.19. The van der Waals surface area contributed by atoms with Gasteiger partial charge >= 0.3 is 0 Å². The summed E-state index contributed by atoms with van der Waals surface area (Å²) in [6.45, 7) is 0. The first-order chi connectivity index (χ1) is 8.01. The number of thiol groups is 1. The normalized spacial score (nSPS) is 16.6. The van der Waals surface area contributed by atoms with Crippen molar-refractivity contribution < 1.29 is 16.8 Å². The molecule has 8 heteroatoms. The molecule has 1 aromatic rings. The van der Waals surface area contributed by atoms with Crippen molar-refractivity contribution >= 4 is 20.9 Å². The third-order valence-corrected chi connectivity index (χ3v) is 4.65. The zero-order valence-corrected chi connectivity index (χ0v) is 10.5. The Bertz CT molecular complexity index is 556. The number of benzene rings is 1. The Morgan fingerprint density at radius 1 is 1.18 bits per heavy atom. The lowest BCUT2D eigenvalue weighted by atomic mass is 10.4. The largest absolute Gasteiger partial charge is 0.256 e. The van der Waals surface area contributed by atoms with Crippen LogP contribution in [0.15, 0.2) is 35.2 Å². The SMILES string of the molecule is O=[SH](=O)NN(C1CC1)S(=O)(=O)c1ccccc1. The number of hydrogen-bond donors (Lipinski definition) is 2. The Morgan fingerprint density at radius 2 is 1.76 bits per heavy atom. The van der Waals surface area contributed by atoms with Gasteiger partial charge in [-0.15, -0.1) is 9.25 Å². The molecular formula is C9H12N2O4S2. The van der Waals surface area contributed by atoms with E-state index in [9.17, 15) is 16.8 Å². The fourth-order valence-corrected chi connectivity index (χ4v) is 3.71. The van der Waals surface area contributed by atoms with E-state index >= 15 is 0 Å². The van der Waals surface area contributed by atoms with E-state index in [4.69, 9.17) is 0 Å². The van der Waals surface area contributed by atoms with Gasteiger partial charge in [0.2, 0.25) is 10.9 Å². The molecule has 0 atom stereocenters. The van der Waals surface area contributed by atoms with Crippen molar-refractivity contribution in [1.82, 2.24) is 9.25 Å². The Balaban J connectivity index is 2.35. The van der Waals surface area contributed by atoms with E-state index in [1.807, 2.05) is 4.83 Å². The second-order valence-corrected chi connectivity index (χ2v) is 6.23. The molecule has 17 heavy (non-hydrogen) atoms. The first-order valence-corrected chi connectivity index (χ1v) is 7.64. The molecule has 1 saturated carbocycles. The van der Waals surface area contributed by atoms with Gasteiger partial charge in [0.15, 0.2) is 0 Å². The summed E-state index contributed by atoms with van der Waals surface area (Å²) in [7, 11) is -6.78. The van der Waals surface area contributed by atoms with Crippen LogP contribution in [0.1, 0.15) is 12.8 Å². The topological polar surface area (TPSA) is 83.6 Å². The standard InChI is InChI=1S/C9H12N2O4S2/c12-16(13)10-11(8-6-7-8)17(14,15)9-4-2-1-3-5-9/h1-5,8,16H,6-7H2,(H,10,12,13). The van der Waals surface area contributed by atoms with Crippen molar-refractivity contribution in [2.45, 2.75) is 23.8 Å². The molecule has 0 aliphatic heterocycles. The van der Waals surface area contributed by atoms with Gasteiger partial charge in [-0.1, -0.05) is 18.2 Å². The highest BCUT2D eigenvalue weighted by Gasteiger charge is 2.38. The van der Waals surface area contributed by atoms with E-state index in [0.717, 1.165) is 4.41 Å². The van der Waals surface area contributed by atoms with Gasteiger partial charge in [-0.2, -0.15) is 0 Å². The molecule has 1 aromatic carbocycles. The summed E-state index contributed by atoms with van der Waals surface area (Å²) in [5.74, 6) is 0. The van der Waals surface area contributed by atoms with Crippen molar-refractivity contribution in [1.29, 1.82) is 0 Å². The average Bonchev–Trinajstić information content (AvgIpc) is 3.10. The molecule has 1 N–H and O–H groups in total. The number of nitrogens with one attached hydrogen (secondary N) is 1. The number of rotatable bonds is 5. The first-order valence-electron chi connectivity index (χ1n) is 5.02. The van der Waals surface area contributed by atoms with Crippen LogP contribution < -0.4 is 4.83 Å². The zero-order valence-electron chi connectivity index (χ0n) is 8.81. The molecule has 0 bridgehead atoms. The summed E-state index contributed by atoms with van der Waals surface area (Å²) >= 11 is 0. The fourth-order valence-electron chi connectivity index (χ4n) is 1.43. The molecule has 1 aliphatic rings. The summed E-state index contributed by atoms with van der Waals surface area (Å²) in [4.78, 5) is 2.06. The molecule has 0 aromatic heterocycles. The first kappa shape index (κ1) is 12.5. The predicted octanol–water partition coefficient (Wildman–Crippen LogP) is -0.129. The van der Waals surface area contributed by atoms with Gasteiger partial charge in [0, 0.05) is 6.04 Å². The maximum absolute atomic E-state index is 12.1. The zero-order chi connectivity index (χ0) is 12.5. The highest BCUT2D eigenvalue weighted by atomic mass is 32.2. The van der Waals surface area contributed by atoms with Crippen LogP contribution in [-0.4, -0.2) is 27.3 Å². The molecule has 2 rings (SSSR count). The summed E-state index contributed by atoms with van der Waals surface area (Å²) in [5.41, 5.74) is 0. The predicted molar refractivity (Wildman–Crippen MR) is 61.9 cm³/mol. The minimum atomic E-state index is -3.79. The minimum absolute atomic E-state index is 0.0799. The second kappa shape index (κ2) is 4.73. The number of nitrogens with zero attached hydrogens (tertiary/aromatic N) is 1. The van der Waals surface area contributed by atoms with Crippen LogP contribution in [0, 0.1) is 0 Å². The van der Waals surface area contributed by atoms with Gasteiger partial charge in [-0.3, -0.25) is 0 Å². The molecule has 1 fully saturated rings. The molecule has 0 amide bonds. The van der Waals surface area contributed by atoms with Crippen LogP contribution in [0.3, 0.4) is 0 Å². The Kier molecular flexibility index (Phi) is 3.48. The van der Waals surface area contributed by atoms with Crippen LogP contribution in [0.4, 0.5) is 0 Å². The molecule has 1 aliphatic carbocycles. The van der Waals surface area contributed by atoms with Gasteiger partial charge in [-0.25, -0.2) is 16.8 Å². The third-order valence-electron chi connectivity index (χ3n) is 2.36. The van der Waals surface area contributed by atoms with Gasteiger partial charge in [0.1, 0.15) is 0 Å². The number of hydrogen-bond acceptors (Lipinski definition) is 4. The molecule has 0 heterocycles. The molecule has 94 valence electrons. The Labute approximate surface area is 101 Å². The van der Waals surface area contributed by atoms with E-state index in [1.54, 1.807) is 18.2 Å². The van der Waals surface area contributed by atoms with Gasteiger partial charge < -0.3 is 0 Å². The summed E-state index contributed by atoms with van der Waals surface area (Å²) < 4.78 is 46.4. The summed E-state index contributed by atoms with van der Waals surface area (Å²) in [5, 5.41) is 0. The van der Waals surface area contributed by atoms with Crippen molar-refractivity contribution in [3.05, 3.63) is 30.3 Å². The molecule has 0 saturated heterocycles. The fraction of sp³-hybridized carbons (Fsp3) is 0.333. The molecule has 0 unspecified atom stereocenters. The Hall–Kier alpha value is -0.960. The molecule has 6 nitrogen and oxygen atoms in total. The third kappa shape index (κ3) is 2.83. The smallest absolute Gasteiger partial charge is 0.214 e. The van der Waals surface area contributed by atoms with Crippen LogP contribution in [0.25, 0.3) is 0 Å². The van der Waals surface area contributed by atoms with Crippen molar-refractivity contribution in [3.8, 4) is 0 Å². The maximum atomic E-state index is 12.1. The summed E-state index contributed by atoms with van der Waals surface area (Å²) in [6, 6.07) is 7.48. The lowest BCUT2D eigenvalue weighted by molar-refractivity contribution is 0.373. The Morgan fingerprint density at radius 3 is 2.24 bits per heavy atom. The van der Waals surface area contributed by atoms with Gasteiger partial charge in [0.25, 0.3) is 10.0 Å². The average molecular weight is 276 g/mol. The van der Waals surface area contributed by atoms with Crippen molar-refractivity contribution in [2.75, 3.05) is 0 Å². The van der Waals surface area contributed by atoms with Crippen LogP contribution in [-0.2, 0) is 20.9 Å². The highest BCUT2D eigenvalue weighted by molar-refractivity contribution is 7.89. The van der Waals surface area contributed by atoms with E-state index in [0.29, 0.717) is 12.8 Å². The molecule has 0 spiro atoms. The monoisotopic (exact) mass is 276 g/mol. The molecular weight excluding hydrogens is 264 g/mol. The van der Waals surface area contributed by atoms with E-state index in [2.05, 4.69) is 0 Å². The van der Waals surface area contributed by atoms with Crippen molar-refractivity contribution in [2.24, 2.45) is 0 Å². The van der Waals surface area contributed by atoms with Gasteiger partial charge in [0.05, 0.1) is 4.90 Å². The maximum Gasteiger partial charge on any atom is 0.256 e. The van der Waals surface area contributed by atoms with E-state index < -0.39 is 20.9 Å². The minimum Gasteiger partial charge on any atom is -0.214 e.